The molecule has 5 heteroatoms. The van der Waals surface area contributed by atoms with Gasteiger partial charge in [0.25, 0.3) is 0 Å². The number of benzene rings is 2. The van der Waals surface area contributed by atoms with E-state index < -0.39 is 0 Å². The molecule has 106 valence electrons. The Morgan fingerprint density at radius 1 is 1.05 bits per heavy atom. The molecule has 3 aromatic rings. The Balaban J connectivity index is 1.94. The minimum absolute atomic E-state index is 0.0581. The average molecular weight is 283 g/mol. The fraction of sp³-hybridized carbons (Fsp3) is 0.0625. The number of hydrogen-bond donors (Lipinski definition) is 3. The lowest BCUT2D eigenvalue weighted by Crippen LogP contribution is -2.05. The summed E-state index contributed by atoms with van der Waals surface area (Å²) in [6.07, 6.45) is 0.226. The van der Waals surface area contributed by atoms with Crippen LogP contribution in [0.25, 0.3) is 11.0 Å². The van der Waals surface area contributed by atoms with Gasteiger partial charge in [-0.1, -0.05) is 23.4 Å². The Bertz CT molecular complexity index is 787. The second-order valence-electron chi connectivity index (χ2n) is 4.68. The topological polar surface area (TPSA) is 86.2 Å². The summed E-state index contributed by atoms with van der Waals surface area (Å²) in [7, 11) is 0. The molecule has 1 aromatic heterocycles. The quantitative estimate of drug-likeness (QED) is 0.391. The van der Waals surface area contributed by atoms with E-state index in [4.69, 9.17) is 4.42 Å². The first-order valence-corrected chi connectivity index (χ1v) is 6.38. The summed E-state index contributed by atoms with van der Waals surface area (Å²) in [5.41, 5.74) is 1.35. The maximum Gasteiger partial charge on any atom is 0.134 e. The Morgan fingerprint density at radius 2 is 1.86 bits per heavy atom. The minimum atomic E-state index is -0.154. The lowest BCUT2D eigenvalue weighted by Gasteiger charge is -2.06. The van der Waals surface area contributed by atoms with Gasteiger partial charge in [0.15, 0.2) is 0 Å². The highest BCUT2D eigenvalue weighted by atomic mass is 16.4. The maximum atomic E-state index is 9.83. The molecule has 3 rings (SSSR count). The predicted octanol–water partition coefficient (Wildman–Crippen LogP) is 3.27. The van der Waals surface area contributed by atoms with Crippen molar-refractivity contribution in [1.82, 2.24) is 0 Å². The lowest BCUT2D eigenvalue weighted by molar-refractivity contribution is 0.317. The molecule has 0 saturated heterocycles. The zero-order chi connectivity index (χ0) is 14.8. The summed E-state index contributed by atoms with van der Waals surface area (Å²) in [4.78, 5) is 0. The van der Waals surface area contributed by atoms with E-state index in [9.17, 15) is 15.4 Å². The van der Waals surface area contributed by atoms with Gasteiger partial charge in [-0.3, -0.25) is 0 Å². The van der Waals surface area contributed by atoms with Crippen LogP contribution < -0.4 is 0 Å². The van der Waals surface area contributed by atoms with E-state index in [2.05, 4.69) is 5.16 Å². The number of phenolic OH excluding ortho intramolecular Hbond substituents is 2. The van der Waals surface area contributed by atoms with Gasteiger partial charge in [-0.05, 0) is 24.3 Å². The molecule has 0 saturated carbocycles. The molecule has 0 aliphatic heterocycles. The van der Waals surface area contributed by atoms with E-state index in [0.717, 1.165) is 11.0 Å². The van der Waals surface area contributed by atoms with Gasteiger partial charge in [0.1, 0.15) is 22.8 Å². The molecule has 0 aliphatic rings. The summed E-state index contributed by atoms with van der Waals surface area (Å²) in [6.45, 7) is 0. The smallest absolute Gasteiger partial charge is 0.134 e. The first kappa shape index (κ1) is 13.1. The maximum absolute atomic E-state index is 9.83. The van der Waals surface area contributed by atoms with Crippen molar-refractivity contribution in [2.24, 2.45) is 5.16 Å². The van der Waals surface area contributed by atoms with Crippen molar-refractivity contribution >= 4 is 16.7 Å². The second-order valence-corrected chi connectivity index (χ2v) is 4.68. The fourth-order valence-corrected chi connectivity index (χ4v) is 2.24. The first-order valence-electron chi connectivity index (χ1n) is 6.38. The van der Waals surface area contributed by atoms with Crippen molar-refractivity contribution in [3.8, 4) is 11.5 Å². The van der Waals surface area contributed by atoms with Crippen LogP contribution in [0.2, 0.25) is 0 Å². The molecule has 21 heavy (non-hydrogen) atoms. The molecule has 0 fully saturated rings. The van der Waals surface area contributed by atoms with E-state index in [1.165, 1.54) is 18.2 Å². The molecule has 0 bridgehead atoms. The van der Waals surface area contributed by atoms with E-state index in [0.29, 0.717) is 11.3 Å². The molecule has 0 atom stereocenters. The number of hydrogen-bond acceptors (Lipinski definition) is 5. The van der Waals surface area contributed by atoms with E-state index in [1.807, 2.05) is 30.3 Å². The average Bonchev–Trinajstić information content (AvgIpc) is 2.87. The lowest BCUT2D eigenvalue weighted by atomic mass is 10.0. The Kier molecular flexibility index (Phi) is 3.23. The van der Waals surface area contributed by atoms with Crippen LogP contribution in [0.4, 0.5) is 0 Å². The zero-order valence-corrected chi connectivity index (χ0v) is 11.0. The largest absolute Gasteiger partial charge is 0.508 e. The SMILES string of the molecule is ON=C(Cc1cc2ccccc2o1)c1ccc(O)cc1O. The molecule has 0 unspecified atom stereocenters. The van der Waals surface area contributed by atoms with E-state index in [1.54, 1.807) is 0 Å². The van der Waals surface area contributed by atoms with Gasteiger partial charge in [-0.15, -0.1) is 0 Å². The number of para-hydroxylation sites is 1. The van der Waals surface area contributed by atoms with Crippen molar-refractivity contribution in [3.05, 3.63) is 59.9 Å². The van der Waals surface area contributed by atoms with E-state index in [-0.39, 0.29) is 23.6 Å². The highest BCUT2D eigenvalue weighted by Gasteiger charge is 2.14. The van der Waals surface area contributed by atoms with Crippen LogP contribution in [0.1, 0.15) is 11.3 Å². The Hall–Kier alpha value is -2.95. The number of nitrogens with zero attached hydrogens (tertiary/aromatic N) is 1. The Morgan fingerprint density at radius 3 is 2.57 bits per heavy atom. The van der Waals surface area contributed by atoms with Gasteiger partial charge in [0, 0.05) is 17.0 Å². The molecule has 3 N–H and O–H groups in total. The molecule has 5 nitrogen and oxygen atoms in total. The van der Waals surface area contributed by atoms with Gasteiger partial charge in [0.05, 0.1) is 12.1 Å². The normalized spacial score (nSPS) is 11.9. The van der Waals surface area contributed by atoms with Crippen LogP contribution in [-0.4, -0.2) is 21.1 Å². The molecular formula is C16H13NO4. The second kappa shape index (κ2) is 5.20. The third-order valence-corrected chi connectivity index (χ3v) is 3.23. The molecule has 2 aromatic carbocycles. The molecule has 1 heterocycles. The van der Waals surface area contributed by atoms with Crippen LogP contribution in [0, 0.1) is 0 Å². The van der Waals surface area contributed by atoms with Crippen molar-refractivity contribution in [2.45, 2.75) is 6.42 Å². The zero-order valence-electron chi connectivity index (χ0n) is 11.0. The van der Waals surface area contributed by atoms with Crippen molar-refractivity contribution < 1.29 is 19.8 Å². The number of oxime groups is 1. The van der Waals surface area contributed by atoms with Gasteiger partial charge in [-0.25, -0.2) is 0 Å². The fourth-order valence-electron chi connectivity index (χ4n) is 2.24. The van der Waals surface area contributed by atoms with Crippen LogP contribution >= 0.6 is 0 Å². The third-order valence-electron chi connectivity index (χ3n) is 3.23. The van der Waals surface area contributed by atoms with E-state index >= 15 is 0 Å². The van der Waals surface area contributed by atoms with Gasteiger partial charge in [-0.2, -0.15) is 0 Å². The van der Waals surface area contributed by atoms with Crippen LogP contribution in [0.3, 0.4) is 0 Å². The first-order chi connectivity index (χ1) is 10.2. The van der Waals surface area contributed by atoms with Gasteiger partial charge in [0.2, 0.25) is 0 Å². The predicted molar refractivity (Wildman–Crippen MR) is 78.0 cm³/mol. The molecular weight excluding hydrogens is 270 g/mol. The van der Waals surface area contributed by atoms with Crippen molar-refractivity contribution in [3.63, 3.8) is 0 Å². The number of furan rings is 1. The van der Waals surface area contributed by atoms with Gasteiger partial charge < -0.3 is 19.8 Å². The third kappa shape index (κ3) is 2.53. The summed E-state index contributed by atoms with van der Waals surface area (Å²) >= 11 is 0. The minimum Gasteiger partial charge on any atom is -0.508 e. The number of rotatable bonds is 3. The summed E-state index contributed by atoms with van der Waals surface area (Å²) in [6, 6.07) is 13.5. The monoisotopic (exact) mass is 283 g/mol. The Labute approximate surface area is 120 Å². The van der Waals surface area contributed by atoms with Gasteiger partial charge >= 0.3 is 0 Å². The van der Waals surface area contributed by atoms with Crippen molar-refractivity contribution in [1.29, 1.82) is 0 Å². The molecule has 0 amide bonds. The van der Waals surface area contributed by atoms with Crippen LogP contribution in [0.5, 0.6) is 11.5 Å². The highest BCUT2D eigenvalue weighted by Crippen LogP contribution is 2.26. The van der Waals surface area contributed by atoms with Crippen molar-refractivity contribution in [2.75, 3.05) is 0 Å². The number of aromatic hydroxyl groups is 2. The van der Waals surface area contributed by atoms with Crippen LogP contribution in [-0.2, 0) is 6.42 Å². The molecule has 0 radical (unpaired) electrons. The highest BCUT2D eigenvalue weighted by molar-refractivity contribution is 6.03. The standard InChI is InChI=1S/C16H13NO4/c18-11-5-6-13(15(19)8-11)14(17-20)9-12-7-10-3-1-2-4-16(10)21-12/h1-8,18-20H,9H2. The number of phenols is 2. The number of fused-ring (bicyclic) bond motifs is 1. The summed E-state index contributed by atoms with van der Waals surface area (Å²) in [5, 5.41) is 32.5. The van der Waals surface area contributed by atoms with Crippen LogP contribution in [0.15, 0.2) is 58.1 Å². The summed E-state index contributed by atoms with van der Waals surface area (Å²) in [5.74, 6) is 0.410. The molecule has 0 spiro atoms. The molecule has 0 aliphatic carbocycles. The summed E-state index contributed by atoms with van der Waals surface area (Å²) < 4.78 is 5.66.